The van der Waals surface area contributed by atoms with Crippen LogP contribution in [0, 0.1) is 0 Å². The molecule has 23 heavy (non-hydrogen) atoms. The van der Waals surface area contributed by atoms with Crippen molar-refractivity contribution in [2.75, 3.05) is 5.73 Å². The Morgan fingerprint density at radius 3 is 2.70 bits per heavy atom. The summed E-state index contributed by atoms with van der Waals surface area (Å²) in [6.45, 7) is 0. The number of nitrogens with zero attached hydrogens (tertiary/aromatic N) is 2. The molecule has 0 aliphatic heterocycles. The van der Waals surface area contributed by atoms with E-state index in [2.05, 4.69) is 0 Å². The largest absolute Gasteiger partial charge is 0.427 e. The van der Waals surface area contributed by atoms with E-state index in [4.69, 9.17) is 10.2 Å². The summed E-state index contributed by atoms with van der Waals surface area (Å²) in [7, 11) is 1.93. The third-order valence-electron chi connectivity index (χ3n) is 3.94. The number of carbonyl (C=O) groups is 1. The maximum Gasteiger partial charge on any atom is 0.427 e. The number of fused-ring (bicyclic) bond motifs is 2. The van der Waals surface area contributed by atoms with Gasteiger partial charge in [-0.1, -0.05) is 0 Å². The molecule has 6 nitrogen and oxygen atoms in total. The minimum Gasteiger partial charge on any atom is -0.407 e. The Morgan fingerprint density at radius 1 is 1.09 bits per heavy atom. The van der Waals surface area contributed by atoms with Crippen molar-refractivity contribution in [3.05, 3.63) is 64.8 Å². The summed E-state index contributed by atoms with van der Waals surface area (Å²) in [5, 5.41) is 0.934. The highest BCUT2D eigenvalue weighted by atomic mass is 16.4. The molecule has 4 rings (SSSR count). The smallest absolute Gasteiger partial charge is 0.407 e. The molecule has 2 aromatic carbocycles. The number of benzene rings is 2. The molecule has 0 aliphatic rings. The van der Waals surface area contributed by atoms with E-state index in [1.54, 1.807) is 24.3 Å². The van der Waals surface area contributed by atoms with Crippen LogP contribution in [0.4, 0.5) is 5.69 Å². The Balaban J connectivity index is 1.90. The second kappa shape index (κ2) is 4.61. The van der Waals surface area contributed by atoms with Gasteiger partial charge in [0.1, 0.15) is 0 Å². The van der Waals surface area contributed by atoms with Crippen LogP contribution in [-0.2, 0) is 7.05 Å². The molecular weight excluding hydrogens is 294 g/mol. The van der Waals surface area contributed by atoms with Crippen LogP contribution in [0.15, 0.2) is 57.9 Å². The number of hydrogen-bond donors (Lipinski definition) is 1. The van der Waals surface area contributed by atoms with Crippen LogP contribution in [0.3, 0.4) is 0 Å². The number of hydrogen-bond acceptors (Lipinski definition) is 4. The van der Waals surface area contributed by atoms with Crippen molar-refractivity contribution in [1.82, 2.24) is 9.13 Å². The van der Waals surface area contributed by atoms with Crippen molar-refractivity contribution >= 4 is 33.6 Å². The molecule has 2 N–H and O–H groups in total. The van der Waals surface area contributed by atoms with E-state index in [0.717, 1.165) is 15.5 Å². The van der Waals surface area contributed by atoms with Crippen molar-refractivity contribution < 1.29 is 9.21 Å². The normalized spacial score (nSPS) is 11.3. The average molecular weight is 307 g/mol. The van der Waals surface area contributed by atoms with E-state index in [0.29, 0.717) is 22.4 Å². The third kappa shape index (κ3) is 1.96. The van der Waals surface area contributed by atoms with Crippen LogP contribution >= 0.6 is 0 Å². The summed E-state index contributed by atoms with van der Waals surface area (Å²) in [6, 6.07) is 12.0. The highest BCUT2D eigenvalue weighted by Crippen LogP contribution is 2.20. The first-order valence-electron chi connectivity index (χ1n) is 7.05. The van der Waals surface area contributed by atoms with Gasteiger partial charge in [0.2, 0.25) is 0 Å². The molecule has 0 radical (unpaired) electrons. The molecule has 0 aliphatic carbocycles. The van der Waals surface area contributed by atoms with Crippen molar-refractivity contribution in [3.8, 4) is 0 Å². The fraction of sp³-hybridized carbons (Fsp3) is 0.0588. The van der Waals surface area contributed by atoms with Crippen molar-refractivity contribution in [2.24, 2.45) is 7.05 Å². The van der Waals surface area contributed by atoms with E-state index in [-0.39, 0.29) is 0 Å². The first-order chi connectivity index (χ1) is 11.0. The Morgan fingerprint density at radius 2 is 1.87 bits per heavy atom. The van der Waals surface area contributed by atoms with Gasteiger partial charge in [-0.15, -0.1) is 0 Å². The van der Waals surface area contributed by atoms with Gasteiger partial charge >= 0.3 is 5.76 Å². The quantitative estimate of drug-likeness (QED) is 0.547. The highest BCUT2D eigenvalue weighted by molar-refractivity contribution is 6.03. The fourth-order valence-corrected chi connectivity index (χ4v) is 2.77. The van der Waals surface area contributed by atoms with E-state index in [9.17, 15) is 9.59 Å². The van der Waals surface area contributed by atoms with Gasteiger partial charge in [0.15, 0.2) is 5.58 Å². The molecule has 6 heteroatoms. The maximum atomic E-state index is 12.7. The molecule has 0 saturated heterocycles. The molecular formula is C17H13N3O3. The molecule has 0 bridgehead atoms. The number of carbonyl (C=O) groups excluding carboxylic acids is 1. The lowest BCUT2D eigenvalue weighted by Crippen LogP contribution is -2.23. The number of nitrogen functional groups attached to an aromatic ring is 1. The topological polar surface area (TPSA) is 83.2 Å². The molecule has 4 aromatic rings. The lowest BCUT2D eigenvalue weighted by molar-refractivity contribution is 0.0956. The number of oxazole rings is 1. The summed E-state index contributed by atoms with van der Waals surface area (Å²) in [5.74, 6) is -1.15. The van der Waals surface area contributed by atoms with Crippen LogP contribution in [0.25, 0.3) is 22.0 Å². The lowest BCUT2D eigenvalue weighted by atomic mass is 10.1. The van der Waals surface area contributed by atoms with Gasteiger partial charge in [0, 0.05) is 41.5 Å². The number of aryl methyl sites for hydroxylation is 1. The predicted molar refractivity (Wildman–Crippen MR) is 87.5 cm³/mol. The summed E-state index contributed by atoms with van der Waals surface area (Å²) in [6.07, 6.45) is 1.92. The highest BCUT2D eigenvalue weighted by Gasteiger charge is 2.18. The zero-order valence-corrected chi connectivity index (χ0v) is 12.3. The maximum absolute atomic E-state index is 12.7. The predicted octanol–water partition coefficient (Wildman–Crippen LogP) is 2.36. The molecule has 114 valence electrons. The van der Waals surface area contributed by atoms with Crippen LogP contribution in [0.5, 0.6) is 0 Å². The summed E-state index contributed by atoms with van der Waals surface area (Å²) in [5.41, 5.74) is 8.28. The van der Waals surface area contributed by atoms with Crippen molar-refractivity contribution in [3.63, 3.8) is 0 Å². The molecule has 0 unspecified atom stereocenters. The van der Waals surface area contributed by atoms with E-state index >= 15 is 0 Å². The minimum atomic E-state index is -0.719. The van der Waals surface area contributed by atoms with E-state index in [1.165, 1.54) is 6.07 Å². The lowest BCUT2D eigenvalue weighted by Gasteiger charge is -2.03. The third-order valence-corrected chi connectivity index (χ3v) is 3.94. The van der Waals surface area contributed by atoms with Crippen LogP contribution in [0.1, 0.15) is 10.4 Å². The monoisotopic (exact) mass is 307 g/mol. The molecule has 0 atom stereocenters. The standard InChI is InChI=1S/C17H13N3O3/c1-19-7-6-10-8-11(2-4-13(10)19)16(21)20-14-5-3-12(18)9-15(14)23-17(20)22/h2-9H,18H2,1H3. The molecule has 2 heterocycles. The van der Waals surface area contributed by atoms with Crippen LogP contribution in [-0.4, -0.2) is 15.0 Å². The molecule has 0 spiro atoms. The first kappa shape index (κ1) is 13.4. The number of anilines is 1. The van der Waals surface area contributed by atoms with Gasteiger partial charge in [-0.05, 0) is 36.4 Å². The summed E-state index contributed by atoms with van der Waals surface area (Å²) >= 11 is 0. The SMILES string of the molecule is Cn1ccc2cc(C(=O)n3c(=O)oc4cc(N)ccc43)ccc21. The Kier molecular flexibility index (Phi) is 2.68. The Hall–Kier alpha value is -3.28. The van der Waals surface area contributed by atoms with Crippen molar-refractivity contribution in [2.45, 2.75) is 0 Å². The van der Waals surface area contributed by atoms with Gasteiger partial charge in [-0.3, -0.25) is 4.79 Å². The first-order valence-corrected chi connectivity index (χ1v) is 7.05. The van der Waals surface area contributed by atoms with Crippen LogP contribution in [0.2, 0.25) is 0 Å². The molecule has 2 aromatic heterocycles. The van der Waals surface area contributed by atoms with E-state index in [1.807, 2.05) is 29.9 Å². The van der Waals surface area contributed by atoms with Crippen molar-refractivity contribution in [1.29, 1.82) is 0 Å². The second-order valence-corrected chi connectivity index (χ2v) is 5.44. The number of aromatic nitrogens is 2. The molecule has 0 fully saturated rings. The molecule has 0 saturated carbocycles. The fourth-order valence-electron chi connectivity index (χ4n) is 2.77. The Labute approximate surface area is 130 Å². The van der Waals surface area contributed by atoms with Gasteiger partial charge in [0.05, 0.1) is 5.52 Å². The number of rotatable bonds is 1. The average Bonchev–Trinajstić information content (AvgIpc) is 3.05. The number of nitrogens with two attached hydrogens (primary N) is 1. The summed E-state index contributed by atoms with van der Waals surface area (Å²) in [4.78, 5) is 24.8. The van der Waals surface area contributed by atoms with Gasteiger partial charge < -0.3 is 14.7 Å². The Bertz CT molecular complexity index is 1130. The zero-order valence-electron chi connectivity index (χ0n) is 12.3. The van der Waals surface area contributed by atoms with Gasteiger partial charge in [-0.25, -0.2) is 9.36 Å². The van der Waals surface area contributed by atoms with Gasteiger partial charge in [0.25, 0.3) is 5.91 Å². The van der Waals surface area contributed by atoms with E-state index < -0.39 is 11.7 Å². The molecule has 0 amide bonds. The van der Waals surface area contributed by atoms with Gasteiger partial charge in [-0.2, -0.15) is 0 Å². The second-order valence-electron chi connectivity index (χ2n) is 5.44. The van der Waals surface area contributed by atoms with Crippen LogP contribution < -0.4 is 11.5 Å². The zero-order chi connectivity index (χ0) is 16.1. The minimum absolute atomic E-state index is 0.295. The summed E-state index contributed by atoms with van der Waals surface area (Å²) < 4.78 is 8.11.